The Kier molecular flexibility index (Phi) is 6.21. The number of likely N-dealkylation sites (N-methyl/N-ethyl adjacent to an activating group) is 1. The first kappa shape index (κ1) is 16.5. The number of nitrogens with zero attached hydrogens (tertiary/aromatic N) is 2. The lowest BCUT2D eigenvalue weighted by molar-refractivity contribution is -0.134. The molecular formula is C16H23BrN2O2. The number of carbonyl (C=O) groups is 1. The number of morpholine rings is 1. The van der Waals surface area contributed by atoms with Crippen molar-refractivity contribution in [1.82, 2.24) is 9.80 Å². The van der Waals surface area contributed by atoms with Gasteiger partial charge in [0.2, 0.25) is 5.91 Å². The van der Waals surface area contributed by atoms with Gasteiger partial charge in [-0.25, -0.2) is 0 Å². The zero-order valence-electron chi connectivity index (χ0n) is 12.7. The minimum atomic E-state index is 0.0267. The van der Waals surface area contributed by atoms with Crippen LogP contribution in [0.3, 0.4) is 0 Å². The lowest BCUT2D eigenvalue weighted by Gasteiger charge is -2.34. The highest BCUT2D eigenvalue weighted by Gasteiger charge is 2.25. The van der Waals surface area contributed by atoms with Gasteiger partial charge in [0, 0.05) is 30.7 Å². The molecule has 4 nitrogen and oxygen atoms in total. The zero-order chi connectivity index (χ0) is 15.2. The SMILES string of the molecule is CCN(CC)C(=O)CN1CCO[C@H](c2ccccc2Br)C1. The monoisotopic (exact) mass is 354 g/mol. The second-order valence-electron chi connectivity index (χ2n) is 5.18. The Labute approximate surface area is 135 Å². The van der Waals surface area contributed by atoms with Crippen LogP contribution in [0, 0.1) is 0 Å². The number of amides is 1. The molecule has 0 unspecified atom stereocenters. The third-order valence-electron chi connectivity index (χ3n) is 3.88. The summed E-state index contributed by atoms with van der Waals surface area (Å²) in [6, 6.07) is 8.12. The predicted molar refractivity (Wildman–Crippen MR) is 87.2 cm³/mol. The van der Waals surface area contributed by atoms with Crippen molar-refractivity contribution in [2.45, 2.75) is 20.0 Å². The van der Waals surface area contributed by atoms with Crippen molar-refractivity contribution >= 4 is 21.8 Å². The molecule has 0 spiro atoms. The van der Waals surface area contributed by atoms with Crippen molar-refractivity contribution < 1.29 is 9.53 Å². The van der Waals surface area contributed by atoms with E-state index in [9.17, 15) is 4.79 Å². The van der Waals surface area contributed by atoms with E-state index in [1.165, 1.54) is 0 Å². The van der Waals surface area contributed by atoms with E-state index < -0.39 is 0 Å². The highest BCUT2D eigenvalue weighted by atomic mass is 79.9. The smallest absolute Gasteiger partial charge is 0.236 e. The third kappa shape index (κ3) is 4.28. The number of rotatable bonds is 5. The molecule has 0 bridgehead atoms. The average molecular weight is 355 g/mol. The summed E-state index contributed by atoms with van der Waals surface area (Å²) in [5.41, 5.74) is 1.15. The fraction of sp³-hybridized carbons (Fsp3) is 0.562. The molecule has 1 atom stereocenters. The van der Waals surface area contributed by atoms with Crippen LogP contribution in [-0.4, -0.2) is 55.0 Å². The molecule has 1 aromatic rings. The van der Waals surface area contributed by atoms with Crippen LogP contribution in [0.15, 0.2) is 28.7 Å². The quantitative estimate of drug-likeness (QED) is 0.814. The second-order valence-corrected chi connectivity index (χ2v) is 6.04. The first-order valence-electron chi connectivity index (χ1n) is 7.51. The van der Waals surface area contributed by atoms with Gasteiger partial charge in [0.05, 0.1) is 19.3 Å². The number of halogens is 1. The molecule has 2 rings (SSSR count). The van der Waals surface area contributed by atoms with E-state index in [4.69, 9.17) is 4.74 Å². The van der Waals surface area contributed by atoms with Crippen LogP contribution in [0.1, 0.15) is 25.5 Å². The van der Waals surface area contributed by atoms with E-state index in [-0.39, 0.29) is 12.0 Å². The van der Waals surface area contributed by atoms with Crippen molar-refractivity contribution in [1.29, 1.82) is 0 Å². The standard InChI is InChI=1S/C16H23BrN2O2/c1-3-19(4-2)16(20)12-18-9-10-21-15(11-18)13-7-5-6-8-14(13)17/h5-8,15H,3-4,9-12H2,1-2H3/t15-/m0/s1. The van der Waals surface area contributed by atoms with Gasteiger partial charge >= 0.3 is 0 Å². The maximum atomic E-state index is 12.2. The Bertz CT molecular complexity index is 477. The molecule has 5 heteroatoms. The molecule has 0 N–H and O–H groups in total. The maximum absolute atomic E-state index is 12.2. The summed E-state index contributed by atoms with van der Waals surface area (Å²) in [6.07, 6.45) is 0.0267. The number of benzene rings is 1. The molecule has 0 saturated carbocycles. The zero-order valence-corrected chi connectivity index (χ0v) is 14.3. The highest BCUT2D eigenvalue weighted by molar-refractivity contribution is 9.10. The molecule has 1 saturated heterocycles. The Morgan fingerprint density at radius 3 is 2.76 bits per heavy atom. The molecule has 116 valence electrons. The van der Waals surface area contributed by atoms with Gasteiger partial charge in [-0.2, -0.15) is 0 Å². The van der Waals surface area contributed by atoms with E-state index in [1.807, 2.05) is 36.9 Å². The van der Waals surface area contributed by atoms with Crippen LogP contribution in [0.25, 0.3) is 0 Å². The predicted octanol–water partition coefficient (Wildman–Crippen LogP) is 2.69. The first-order chi connectivity index (χ1) is 10.2. The van der Waals surface area contributed by atoms with E-state index in [0.29, 0.717) is 13.2 Å². The van der Waals surface area contributed by atoms with Gasteiger partial charge in [-0.3, -0.25) is 9.69 Å². The van der Waals surface area contributed by atoms with Crippen LogP contribution < -0.4 is 0 Å². The molecule has 1 heterocycles. The Balaban J connectivity index is 1.98. The fourth-order valence-corrected chi connectivity index (χ4v) is 3.18. The number of hydrogen-bond acceptors (Lipinski definition) is 3. The summed E-state index contributed by atoms with van der Waals surface area (Å²) in [6.45, 7) is 8.29. The van der Waals surface area contributed by atoms with Crippen LogP contribution in [0.5, 0.6) is 0 Å². The molecule has 0 aromatic heterocycles. The van der Waals surface area contributed by atoms with Crippen LogP contribution in [-0.2, 0) is 9.53 Å². The van der Waals surface area contributed by atoms with Gasteiger partial charge in [0.1, 0.15) is 0 Å². The van der Waals surface area contributed by atoms with E-state index in [0.717, 1.165) is 36.2 Å². The van der Waals surface area contributed by atoms with Crippen molar-refractivity contribution in [3.05, 3.63) is 34.3 Å². The van der Waals surface area contributed by atoms with Gasteiger partial charge in [0.25, 0.3) is 0 Å². The van der Waals surface area contributed by atoms with Crippen molar-refractivity contribution in [3.63, 3.8) is 0 Å². The van der Waals surface area contributed by atoms with Gasteiger partial charge in [-0.15, -0.1) is 0 Å². The van der Waals surface area contributed by atoms with E-state index in [1.54, 1.807) is 0 Å². The molecule has 1 aromatic carbocycles. The normalized spacial score (nSPS) is 19.5. The largest absolute Gasteiger partial charge is 0.371 e. The van der Waals surface area contributed by atoms with Crippen molar-refractivity contribution in [3.8, 4) is 0 Å². The van der Waals surface area contributed by atoms with Crippen molar-refractivity contribution in [2.24, 2.45) is 0 Å². The fourth-order valence-electron chi connectivity index (χ4n) is 2.64. The number of ether oxygens (including phenoxy) is 1. The minimum absolute atomic E-state index is 0.0267. The molecule has 1 aliphatic rings. The molecule has 1 amide bonds. The molecular weight excluding hydrogens is 332 g/mol. The summed E-state index contributed by atoms with van der Waals surface area (Å²) >= 11 is 3.57. The molecule has 0 radical (unpaired) electrons. The lowest BCUT2D eigenvalue weighted by Crippen LogP contribution is -2.45. The molecule has 0 aliphatic carbocycles. The third-order valence-corrected chi connectivity index (χ3v) is 4.60. The minimum Gasteiger partial charge on any atom is -0.371 e. The summed E-state index contributed by atoms with van der Waals surface area (Å²) in [5.74, 6) is 0.202. The average Bonchev–Trinajstić information content (AvgIpc) is 2.49. The van der Waals surface area contributed by atoms with Gasteiger partial charge in [-0.05, 0) is 25.5 Å². The summed E-state index contributed by atoms with van der Waals surface area (Å²) in [7, 11) is 0. The molecule has 1 aliphatic heterocycles. The topological polar surface area (TPSA) is 32.8 Å². The molecule has 1 fully saturated rings. The lowest BCUT2D eigenvalue weighted by atomic mass is 10.1. The van der Waals surface area contributed by atoms with Crippen LogP contribution in [0.2, 0.25) is 0 Å². The highest BCUT2D eigenvalue weighted by Crippen LogP contribution is 2.28. The molecule has 21 heavy (non-hydrogen) atoms. The summed E-state index contributed by atoms with van der Waals surface area (Å²) in [4.78, 5) is 16.3. The van der Waals surface area contributed by atoms with Crippen LogP contribution >= 0.6 is 15.9 Å². The maximum Gasteiger partial charge on any atom is 0.236 e. The Morgan fingerprint density at radius 2 is 2.10 bits per heavy atom. The van der Waals surface area contributed by atoms with E-state index in [2.05, 4.69) is 26.9 Å². The van der Waals surface area contributed by atoms with Gasteiger partial charge < -0.3 is 9.64 Å². The van der Waals surface area contributed by atoms with Gasteiger partial charge in [0.15, 0.2) is 0 Å². The van der Waals surface area contributed by atoms with Crippen molar-refractivity contribution in [2.75, 3.05) is 39.3 Å². The second kappa shape index (κ2) is 7.92. The number of carbonyl (C=O) groups excluding carboxylic acids is 1. The Hall–Kier alpha value is -0.910. The number of hydrogen-bond donors (Lipinski definition) is 0. The summed E-state index contributed by atoms with van der Waals surface area (Å²) in [5, 5.41) is 0. The Morgan fingerprint density at radius 1 is 1.38 bits per heavy atom. The first-order valence-corrected chi connectivity index (χ1v) is 8.31. The van der Waals surface area contributed by atoms with E-state index >= 15 is 0 Å². The van der Waals surface area contributed by atoms with Gasteiger partial charge in [-0.1, -0.05) is 34.1 Å². The van der Waals surface area contributed by atoms with Crippen LogP contribution in [0.4, 0.5) is 0 Å². The summed E-state index contributed by atoms with van der Waals surface area (Å²) < 4.78 is 6.94.